The first-order valence-electron chi connectivity index (χ1n) is 9.84. The minimum absolute atomic E-state index is 0.00628. The first-order valence-corrected chi connectivity index (χ1v) is 12.1. The first kappa shape index (κ1) is 21.4. The number of carbonyl (C=O) groups is 1. The lowest BCUT2D eigenvalue weighted by molar-refractivity contribution is -0.118. The summed E-state index contributed by atoms with van der Waals surface area (Å²) in [6.45, 7) is 1.74. The Morgan fingerprint density at radius 2 is 2.30 bits per heavy atom. The van der Waals surface area contributed by atoms with Crippen LogP contribution in [-0.4, -0.2) is 40.5 Å². The Morgan fingerprint density at radius 3 is 3.07 bits per heavy atom. The van der Waals surface area contributed by atoms with Gasteiger partial charge in [0.2, 0.25) is 5.91 Å². The molecule has 0 radical (unpaired) electrons. The number of nitrogens with one attached hydrogen (secondary N) is 1. The molecule has 0 aliphatic carbocycles. The molecule has 1 atom stereocenters. The van der Waals surface area contributed by atoms with E-state index in [0.717, 1.165) is 19.3 Å². The second-order valence-corrected chi connectivity index (χ2v) is 9.49. The monoisotopic (exact) mass is 463 g/mol. The summed E-state index contributed by atoms with van der Waals surface area (Å²) in [5.74, 6) is 0.106. The third-order valence-electron chi connectivity index (χ3n) is 4.90. The second kappa shape index (κ2) is 9.96. The molecule has 6 nitrogen and oxygen atoms in total. The fraction of sp³-hybridized carbons (Fsp3) is 0.381. The molecule has 9 heteroatoms. The van der Waals surface area contributed by atoms with Gasteiger partial charge in [0.1, 0.15) is 0 Å². The molecule has 1 N–H and O–H groups in total. The van der Waals surface area contributed by atoms with Crippen molar-refractivity contribution in [2.75, 3.05) is 18.9 Å². The van der Waals surface area contributed by atoms with Gasteiger partial charge in [-0.2, -0.15) is 0 Å². The van der Waals surface area contributed by atoms with Gasteiger partial charge >= 0.3 is 0 Å². The van der Waals surface area contributed by atoms with Crippen LogP contribution in [0.3, 0.4) is 0 Å². The lowest BCUT2D eigenvalue weighted by Crippen LogP contribution is -2.30. The average molecular weight is 464 g/mol. The van der Waals surface area contributed by atoms with Crippen LogP contribution < -0.4 is 10.9 Å². The van der Waals surface area contributed by atoms with Gasteiger partial charge in [-0.1, -0.05) is 29.4 Å². The molecular formula is C21H22ClN3O3S2. The van der Waals surface area contributed by atoms with E-state index in [1.807, 2.05) is 11.4 Å². The quantitative estimate of drug-likeness (QED) is 0.407. The van der Waals surface area contributed by atoms with Crippen LogP contribution in [0, 0.1) is 0 Å². The van der Waals surface area contributed by atoms with Crippen molar-refractivity contribution in [1.82, 2.24) is 14.9 Å². The zero-order valence-electron chi connectivity index (χ0n) is 16.3. The summed E-state index contributed by atoms with van der Waals surface area (Å²) in [5.41, 5.74) is 0.407. The molecule has 2 aromatic heterocycles. The van der Waals surface area contributed by atoms with E-state index in [-0.39, 0.29) is 23.3 Å². The molecule has 1 fully saturated rings. The summed E-state index contributed by atoms with van der Waals surface area (Å²) in [6, 6.07) is 9.13. The van der Waals surface area contributed by atoms with Crippen LogP contribution in [0.4, 0.5) is 0 Å². The maximum atomic E-state index is 13.1. The first-order chi connectivity index (χ1) is 14.6. The fourth-order valence-electron chi connectivity index (χ4n) is 3.40. The molecule has 1 unspecified atom stereocenters. The maximum absolute atomic E-state index is 13.1. The largest absolute Gasteiger partial charge is 0.376 e. The summed E-state index contributed by atoms with van der Waals surface area (Å²) in [5, 5.41) is 6.51. The predicted octanol–water partition coefficient (Wildman–Crippen LogP) is 3.74. The van der Waals surface area contributed by atoms with Crippen LogP contribution in [-0.2, 0) is 22.5 Å². The minimum Gasteiger partial charge on any atom is -0.376 e. The number of fused-ring (bicyclic) bond motifs is 1. The number of halogens is 1. The normalized spacial score (nSPS) is 16.2. The molecule has 0 bridgehead atoms. The van der Waals surface area contributed by atoms with Gasteiger partial charge in [-0.15, -0.1) is 11.3 Å². The smallest absolute Gasteiger partial charge is 0.262 e. The van der Waals surface area contributed by atoms with E-state index in [2.05, 4.69) is 16.4 Å². The number of thioether (sulfide) groups is 1. The lowest BCUT2D eigenvalue weighted by Gasteiger charge is -2.16. The number of benzene rings is 1. The average Bonchev–Trinajstić information content (AvgIpc) is 3.43. The van der Waals surface area contributed by atoms with Gasteiger partial charge in [0.05, 0.1) is 29.3 Å². The van der Waals surface area contributed by atoms with Gasteiger partial charge < -0.3 is 10.1 Å². The number of amides is 1. The van der Waals surface area contributed by atoms with Gasteiger partial charge in [0.25, 0.3) is 5.56 Å². The Hall–Kier alpha value is -1.87. The van der Waals surface area contributed by atoms with Crippen LogP contribution >= 0.6 is 34.7 Å². The van der Waals surface area contributed by atoms with Crippen molar-refractivity contribution in [3.8, 4) is 0 Å². The van der Waals surface area contributed by atoms with E-state index >= 15 is 0 Å². The van der Waals surface area contributed by atoms with Crippen LogP contribution in [0.1, 0.15) is 17.7 Å². The van der Waals surface area contributed by atoms with Crippen molar-refractivity contribution >= 4 is 51.5 Å². The van der Waals surface area contributed by atoms with Gasteiger partial charge in [-0.25, -0.2) is 4.98 Å². The molecule has 1 aliphatic heterocycles. The zero-order valence-corrected chi connectivity index (χ0v) is 18.7. The Labute approximate surface area is 187 Å². The molecular weight excluding hydrogens is 442 g/mol. The molecule has 3 aromatic rings. The van der Waals surface area contributed by atoms with Crippen LogP contribution in [0.2, 0.25) is 5.02 Å². The molecule has 30 heavy (non-hydrogen) atoms. The molecule has 1 aromatic carbocycles. The number of nitrogens with zero attached hydrogens (tertiary/aromatic N) is 2. The van der Waals surface area contributed by atoms with Crippen molar-refractivity contribution in [2.45, 2.75) is 37.1 Å². The Kier molecular flexibility index (Phi) is 7.09. The van der Waals surface area contributed by atoms with Crippen LogP contribution in [0.15, 0.2) is 45.7 Å². The summed E-state index contributed by atoms with van der Waals surface area (Å²) in [7, 11) is 0. The third kappa shape index (κ3) is 5.24. The number of carbonyl (C=O) groups excluding carboxylic acids is 1. The molecule has 1 saturated heterocycles. The van der Waals surface area contributed by atoms with E-state index in [9.17, 15) is 9.59 Å². The molecule has 0 saturated carbocycles. The molecule has 0 spiro atoms. The molecule has 4 rings (SSSR count). The van der Waals surface area contributed by atoms with Gasteiger partial charge in [0.15, 0.2) is 5.16 Å². The van der Waals surface area contributed by atoms with Crippen molar-refractivity contribution in [2.24, 2.45) is 0 Å². The summed E-state index contributed by atoms with van der Waals surface area (Å²) >= 11 is 9.03. The summed E-state index contributed by atoms with van der Waals surface area (Å²) in [6.07, 6.45) is 2.71. The molecule has 158 valence electrons. The van der Waals surface area contributed by atoms with E-state index in [4.69, 9.17) is 16.3 Å². The fourth-order valence-corrected chi connectivity index (χ4v) is 5.11. The highest BCUT2D eigenvalue weighted by Gasteiger charge is 2.20. The minimum atomic E-state index is -0.132. The van der Waals surface area contributed by atoms with Crippen molar-refractivity contribution < 1.29 is 9.53 Å². The molecule has 1 amide bonds. The van der Waals surface area contributed by atoms with Crippen LogP contribution in [0.5, 0.6) is 0 Å². The molecule has 3 heterocycles. The predicted molar refractivity (Wildman–Crippen MR) is 122 cm³/mol. The highest BCUT2D eigenvalue weighted by molar-refractivity contribution is 7.99. The summed E-state index contributed by atoms with van der Waals surface area (Å²) < 4.78 is 7.35. The Morgan fingerprint density at radius 1 is 1.40 bits per heavy atom. The standard InChI is InChI=1S/C21H22ClN3O3S2/c22-14-5-6-17-18(11-14)24-21(25(20(17)27)12-15-3-1-9-28-15)30-13-19(26)23-8-7-16-4-2-10-29-16/h2,4-6,10-11,15H,1,3,7-9,12-13H2,(H,23,26). The van der Waals surface area contributed by atoms with Crippen LogP contribution in [0.25, 0.3) is 10.9 Å². The highest BCUT2D eigenvalue weighted by atomic mass is 35.5. The van der Waals surface area contributed by atoms with E-state index in [0.29, 0.717) is 40.8 Å². The van der Waals surface area contributed by atoms with E-state index in [1.54, 1.807) is 34.1 Å². The Balaban J connectivity index is 1.49. The zero-order chi connectivity index (χ0) is 20.9. The number of aromatic nitrogens is 2. The topological polar surface area (TPSA) is 73.2 Å². The Bertz CT molecular complexity index is 1080. The maximum Gasteiger partial charge on any atom is 0.262 e. The number of hydrogen-bond donors (Lipinski definition) is 1. The van der Waals surface area contributed by atoms with Gasteiger partial charge in [-0.3, -0.25) is 14.2 Å². The number of ether oxygens (including phenoxy) is 1. The summed E-state index contributed by atoms with van der Waals surface area (Å²) in [4.78, 5) is 31.3. The number of rotatable bonds is 8. The third-order valence-corrected chi connectivity index (χ3v) is 7.05. The highest BCUT2D eigenvalue weighted by Crippen LogP contribution is 2.22. The lowest BCUT2D eigenvalue weighted by atomic mass is 10.2. The van der Waals surface area contributed by atoms with Gasteiger partial charge in [0, 0.05) is 23.1 Å². The second-order valence-electron chi connectivity index (χ2n) is 7.07. The number of thiophene rings is 1. The van der Waals surface area contributed by atoms with E-state index in [1.165, 1.54) is 16.6 Å². The molecule has 1 aliphatic rings. The van der Waals surface area contributed by atoms with E-state index < -0.39 is 0 Å². The van der Waals surface area contributed by atoms with Crippen molar-refractivity contribution in [3.63, 3.8) is 0 Å². The van der Waals surface area contributed by atoms with Crippen molar-refractivity contribution in [1.29, 1.82) is 0 Å². The number of hydrogen-bond acceptors (Lipinski definition) is 6. The van der Waals surface area contributed by atoms with Gasteiger partial charge in [-0.05, 0) is 48.9 Å². The van der Waals surface area contributed by atoms with Crippen molar-refractivity contribution in [3.05, 3.63) is 56.0 Å². The SMILES string of the molecule is O=C(CSc1nc2cc(Cl)ccc2c(=O)n1CC1CCCO1)NCCc1cccs1.